The Labute approximate surface area is 121 Å². The van der Waals surface area contributed by atoms with E-state index in [1.165, 1.54) is 13.0 Å². The molecule has 2 fully saturated rings. The number of benzene rings is 1. The van der Waals surface area contributed by atoms with Crippen LogP contribution in [0.3, 0.4) is 0 Å². The van der Waals surface area contributed by atoms with Crippen LogP contribution in [-0.2, 0) is 0 Å². The van der Waals surface area contributed by atoms with Crippen molar-refractivity contribution in [1.29, 1.82) is 0 Å². The lowest BCUT2D eigenvalue weighted by atomic mass is 10.00. The summed E-state index contributed by atoms with van der Waals surface area (Å²) >= 11 is 6.18. The van der Waals surface area contributed by atoms with Gasteiger partial charge in [0, 0.05) is 23.5 Å². The van der Waals surface area contributed by atoms with Crippen LogP contribution < -0.4 is 0 Å². The number of hydrogen-bond donors (Lipinski definition) is 0. The van der Waals surface area contributed by atoms with Gasteiger partial charge in [-0.3, -0.25) is 4.79 Å². The molecule has 2 atom stereocenters. The Morgan fingerprint density at radius 1 is 1.20 bits per heavy atom. The lowest BCUT2D eigenvalue weighted by Gasteiger charge is -2.37. The standard InChI is InChI=1S/C15H16ClF2NO/c1-8-4-12(14(18)7-13(8)17)15(20)19-10-2-3-11(19)6-9(16)5-10/h4,7,9-11H,2-3,5-6H2,1H3. The summed E-state index contributed by atoms with van der Waals surface area (Å²) in [5.41, 5.74) is 0.253. The van der Waals surface area contributed by atoms with Gasteiger partial charge in [-0.25, -0.2) is 8.78 Å². The highest BCUT2D eigenvalue weighted by Gasteiger charge is 2.43. The van der Waals surface area contributed by atoms with Crippen LogP contribution in [0.1, 0.15) is 41.6 Å². The normalized spacial score (nSPS) is 28.8. The molecule has 20 heavy (non-hydrogen) atoms. The van der Waals surface area contributed by atoms with Gasteiger partial charge in [0.05, 0.1) is 5.56 Å². The maximum absolute atomic E-state index is 13.9. The average molecular weight is 300 g/mol. The summed E-state index contributed by atoms with van der Waals surface area (Å²) in [5.74, 6) is -1.74. The third-order valence-electron chi connectivity index (χ3n) is 4.39. The van der Waals surface area contributed by atoms with Crippen LogP contribution in [0.2, 0.25) is 0 Å². The maximum atomic E-state index is 13.9. The van der Waals surface area contributed by atoms with E-state index in [0.717, 1.165) is 31.7 Å². The molecule has 0 spiro atoms. The minimum Gasteiger partial charge on any atom is -0.332 e. The van der Waals surface area contributed by atoms with Gasteiger partial charge in [0.1, 0.15) is 11.6 Å². The molecule has 2 unspecified atom stereocenters. The van der Waals surface area contributed by atoms with Gasteiger partial charge < -0.3 is 4.90 Å². The Hall–Kier alpha value is -1.16. The first kappa shape index (κ1) is 13.8. The zero-order valence-corrected chi connectivity index (χ0v) is 12.0. The Morgan fingerprint density at radius 3 is 2.40 bits per heavy atom. The maximum Gasteiger partial charge on any atom is 0.257 e. The highest BCUT2D eigenvalue weighted by atomic mass is 35.5. The first-order valence-corrected chi connectivity index (χ1v) is 7.33. The number of fused-ring (bicyclic) bond motifs is 2. The van der Waals surface area contributed by atoms with E-state index in [0.29, 0.717) is 0 Å². The molecule has 3 rings (SSSR count). The van der Waals surface area contributed by atoms with Crippen LogP contribution in [-0.4, -0.2) is 28.3 Å². The summed E-state index contributed by atoms with van der Waals surface area (Å²) in [6.07, 6.45) is 3.35. The fourth-order valence-corrected chi connectivity index (χ4v) is 3.81. The summed E-state index contributed by atoms with van der Waals surface area (Å²) in [6.45, 7) is 1.53. The van der Waals surface area contributed by atoms with Crippen LogP contribution >= 0.6 is 11.6 Å². The smallest absolute Gasteiger partial charge is 0.257 e. The van der Waals surface area contributed by atoms with Crippen molar-refractivity contribution >= 4 is 17.5 Å². The number of alkyl halides is 1. The average Bonchev–Trinajstić information content (AvgIpc) is 2.65. The monoisotopic (exact) mass is 299 g/mol. The molecule has 2 saturated heterocycles. The molecule has 1 amide bonds. The molecule has 1 aromatic rings. The Balaban J connectivity index is 1.92. The van der Waals surface area contributed by atoms with E-state index in [4.69, 9.17) is 11.6 Å². The Bertz CT molecular complexity index is 549. The van der Waals surface area contributed by atoms with Crippen LogP contribution in [0.5, 0.6) is 0 Å². The summed E-state index contributed by atoms with van der Waals surface area (Å²) in [6, 6.07) is 2.28. The van der Waals surface area contributed by atoms with Crippen molar-refractivity contribution in [2.45, 2.75) is 50.1 Å². The number of carbonyl (C=O) groups is 1. The van der Waals surface area contributed by atoms with Crippen molar-refractivity contribution in [1.82, 2.24) is 4.90 Å². The van der Waals surface area contributed by atoms with Gasteiger partial charge in [0.15, 0.2) is 0 Å². The molecule has 0 aliphatic carbocycles. The highest BCUT2D eigenvalue weighted by molar-refractivity contribution is 6.20. The van der Waals surface area contributed by atoms with Crippen molar-refractivity contribution in [2.24, 2.45) is 0 Å². The minimum atomic E-state index is -0.787. The van der Waals surface area contributed by atoms with Gasteiger partial charge in [-0.2, -0.15) is 0 Å². The first-order valence-electron chi connectivity index (χ1n) is 6.89. The number of nitrogens with zero attached hydrogens (tertiary/aromatic N) is 1. The molecule has 2 heterocycles. The van der Waals surface area contributed by atoms with E-state index in [2.05, 4.69) is 0 Å². The number of carbonyl (C=O) groups excluding carboxylic acids is 1. The second-order valence-electron chi connectivity index (χ2n) is 5.75. The van der Waals surface area contributed by atoms with Gasteiger partial charge >= 0.3 is 0 Å². The summed E-state index contributed by atoms with van der Waals surface area (Å²) in [7, 11) is 0. The van der Waals surface area contributed by atoms with Gasteiger partial charge in [0.25, 0.3) is 5.91 Å². The fraction of sp³-hybridized carbons (Fsp3) is 0.533. The van der Waals surface area contributed by atoms with E-state index >= 15 is 0 Å². The molecule has 0 radical (unpaired) electrons. The lowest BCUT2D eigenvalue weighted by Crippen LogP contribution is -2.47. The van der Waals surface area contributed by atoms with E-state index in [1.54, 1.807) is 4.90 Å². The molecule has 5 heteroatoms. The van der Waals surface area contributed by atoms with Gasteiger partial charge in [-0.15, -0.1) is 11.6 Å². The largest absolute Gasteiger partial charge is 0.332 e. The van der Waals surface area contributed by atoms with E-state index < -0.39 is 11.6 Å². The predicted octanol–water partition coefficient (Wildman–Crippen LogP) is 3.65. The van der Waals surface area contributed by atoms with Crippen LogP contribution in [0.15, 0.2) is 12.1 Å². The number of hydrogen-bond acceptors (Lipinski definition) is 1. The minimum absolute atomic E-state index is 0.0335. The summed E-state index contributed by atoms with van der Waals surface area (Å²) < 4.78 is 27.2. The molecular weight excluding hydrogens is 284 g/mol. The first-order chi connectivity index (χ1) is 9.47. The second-order valence-corrected chi connectivity index (χ2v) is 6.36. The van der Waals surface area contributed by atoms with Gasteiger partial charge in [-0.1, -0.05) is 0 Å². The van der Waals surface area contributed by atoms with Crippen LogP contribution in [0.4, 0.5) is 8.78 Å². The summed E-state index contributed by atoms with van der Waals surface area (Å²) in [5, 5.41) is 0.0938. The molecule has 2 nitrogen and oxygen atoms in total. The Kier molecular flexibility index (Phi) is 3.44. The fourth-order valence-electron chi connectivity index (χ4n) is 3.40. The van der Waals surface area contributed by atoms with Crippen molar-refractivity contribution in [3.05, 3.63) is 34.9 Å². The third kappa shape index (κ3) is 2.20. The number of halogens is 3. The molecule has 2 aliphatic rings. The second kappa shape index (κ2) is 4.99. The van der Waals surface area contributed by atoms with Crippen LogP contribution in [0.25, 0.3) is 0 Å². The van der Waals surface area contributed by atoms with Crippen LogP contribution in [0, 0.1) is 18.6 Å². The lowest BCUT2D eigenvalue weighted by molar-refractivity contribution is 0.0594. The molecule has 0 saturated carbocycles. The number of amides is 1. The zero-order valence-electron chi connectivity index (χ0n) is 11.2. The van der Waals surface area contributed by atoms with Crippen molar-refractivity contribution < 1.29 is 13.6 Å². The SMILES string of the molecule is Cc1cc(C(=O)N2C3CCC2CC(Cl)C3)c(F)cc1F. The molecule has 2 bridgehead atoms. The molecule has 108 valence electrons. The molecule has 2 aliphatic heterocycles. The molecular formula is C15H16ClF2NO. The molecule has 1 aromatic carbocycles. The van der Waals surface area contributed by atoms with E-state index in [9.17, 15) is 13.6 Å². The Morgan fingerprint density at radius 2 is 1.80 bits per heavy atom. The van der Waals surface area contributed by atoms with E-state index in [-0.39, 0.29) is 34.5 Å². The van der Waals surface area contributed by atoms with Crippen molar-refractivity contribution in [2.75, 3.05) is 0 Å². The van der Waals surface area contributed by atoms with Gasteiger partial charge in [-0.05, 0) is 44.2 Å². The third-order valence-corrected chi connectivity index (χ3v) is 4.75. The van der Waals surface area contributed by atoms with Crippen molar-refractivity contribution in [3.63, 3.8) is 0 Å². The molecule has 0 aromatic heterocycles. The zero-order chi connectivity index (χ0) is 14.4. The topological polar surface area (TPSA) is 20.3 Å². The van der Waals surface area contributed by atoms with Gasteiger partial charge in [0.2, 0.25) is 0 Å². The highest BCUT2D eigenvalue weighted by Crippen LogP contribution is 2.39. The number of aryl methyl sites for hydroxylation is 1. The summed E-state index contributed by atoms with van der Waals surface area (Å²) in [4.78, 5) is 14.3. The van der Waals surface area contributed by atoms with E-state index in [1.807, 2.05) is 0 Å². The predicted molar refractivity (Wildman–Crippen MR) is 72.9 cm³/mol. The quantitative estimate of drug-likeness (QED) is 0.725. The van der Waals surface area contributed by atoms with Crippen molar-refractivity contribution in [3.8, 4) is 0 Å². The molecule has 0 N–H and O–H groups in total. The number of rotatable bonds is 1. The number of piperidine rings is 1.